The van der Waals surface area contributed by atoms with Crippen LogP contribution in [-0.4, -0.2) is 29.2 Å². The Morgan fingerprint density at radius 1 is 1.39 bits per heavy atom. The summed E-state index contributed by atoms with van der Waals surface area (Å²) in [6, 6.07) is 7.61. The molecule has 1 saturated heterocycles. The van der Waals surface area contributed by atoms with Crippen molar-refractivity contribution in [3.8, 4) is 0 Å². The van der Waals surface area contributed by atoms with Crippen molar-refractivity contribution in [3.05, 3.63) is 52.7 Å². The number of aryl methyl sites for hydroxylation is 1. The highest BCUT2D eigenvalue weighted by atomic mass is 35.5. The number of rotatable bonds is 3. The minimum atomic E-state index is -0.339. The molecule has 1 aliphatic rings. The van der Waals surface area contributed by atoms with Gasteiger partial charge in [0.05, 0.1) is 24.9 Å². The average molecular weight is 336 g/mol. The van der Waals surface area contributed by atoms with Crippen molar-refractivity contribution < 1.29 is 9.13 Å². The second-order valence-corrected chi connectivity index (χ2v) is 6.13. The van der Waals surface area contributed by atoms with Crippen LogP contribution < -0.4 is 4.90 Å². The maximum Gasteiger partial charge on any atom is 0.187 e. The van der Waals surface area contributed by atoms with E-state index in [0.29, 0.717) is 36.1 Å². The molecule has 4 nitrogen and oxygen atoms in total. The SMILES string of the molecule is CCc1ncnc(N2CC(c3cccc(Cl)c3)OCC2C)c1F. The standard InChI is InChI=1S/C17H19ClFN3O/c1-3-14-16(19)17(21-10-20-14)22-8-15(23-9-11(22)2)12-5-4-6-13(18)7-12/h4-7,10-11,15H,3,8-9H2,1-2H3. The van der Waals surface area contributed by atoms with E-state index in [2.05, 4.69) is 9.97 Å². The minimum Gasteiger partial charge on any atom is -0.370 e. The second-order valence-electron chi connectivity index (χ2n) is 5.69. The molecular formula is C17H19ClFN3O. The summed E-state index contributed by atoms with van der Waals surface area (Å²) in [5.41, 5.74) is 1.42. The summed E-state index contributed by atoms with van der Waals surface area (Å²) in [7, 11) is 0. The van der Waals surface area contributed by atoms with E-state index in [1.54, 1.807) is 0 Å². The highest BCUT2D eigenvalue weighted by Crippen LogP contribution is 2.30. The van der Waals surface area contributed by atoms with Gasteiger partial charge in [0.15, 0.2) is 11.6 Å². The van der Waals surface area contributed by atoms with Gasteiger partial charge in [0.25, 0.3) is 0 Å². The second kappa shape index (κ2) is 6.81. The van der Waals surface area contributed by atoms with Gasteiger partial charge in [0, 0.05) is 5.02 Å². The first kappa shape index (κ1) is 16.1. The molecular weight excluding hydrogens is 317 g/mol. The maximum atomic E-state index is 14.6. The number of morpholine rings is 1. The van der Waals surface area contributed by atoms with E-state index in [1.807, 2.05) is 43.0 Å². The smallest absolute Gasteiger partial charge is 0.187 e. The first-order chi connectivity index (χ1) is 11.1. The van der Waals surface area contributed by atoms with Crippen LogP contribution in [0.15, 0.2) is 30.6 Å². The molecule has 1 fully saturated rings. The summed E-state index contributed by atoms with van der Waals surface area (Å²) in [5, 5.41) is 0.665. The Labute approximate surface area is 140 Å². The van der Waals surface area contributed by atoms with Crippen LogP contribution >= 0.6 is 11.6 Å². The fourth-order valence-corrected chi connectivity index (χ4v) is 3.00. The molecule has 23 heavy (non-hydrogen) atoms. The Morgan fingerprint density at radius 2 is 2.22 bits per heavy atom. The molecule has 1 aromatic heterocycles. The fourth-order valence-electron chi connectivity index (χ4n) is 2.80. The molecule has 0 N–H and O–H groups in total. The van der Waals surface area contributed by atoms with Gasteiger partial charge in [-0.2, -0.15) is 0 Å². The summed E-state index contributed by atoms with van der Waals surface area (Å²) >= 11 is 6.06. The zero-order chi connectivity index (χ0) is 16.4. The highest BCUT2D eigenvalue weighted by molar-refractivity contribution is 6.30. The molecule has 2 atom stereocenters. The number of nitrogens with zero attached hydrogens (tertiary/aromatic N) is 3. The lowest BCUT2D eigenvalue weighted by Gasteiger charge is -2.39. The van der Waals surface area contributed by atoms with E-state index in [9.17, 15) is 4.39 Å². The quantitative estimate of drug-likeness (QED) is 0.855. The molecule has 3 rings (SSSR count). The Hall–Kier alpha value is -1.72. The van der Waals surface area contributed by atoms with Gasteiger partial charge in [0.2, 0.25) is 0 Å². The normalized spacial score (nSPS) is 21.5. The van der Waals surface area contributed by atoms with Gasteiger partial charge in [-0.15, -0.1) is 0 Å². The number of aromatic nitrogens is 2. The molecule has 2 unspecified atom stereocenters. The first-order valence-corrected chi connectivity index (χ1v) is 8.11. The van der Waals surface area contributed by atoms with Crippen molar-refractivity contribution >= 4 is 17.4 Å². The van der Waals surface area contributed by atoms with Crippen LogP contribution in [0.1, 0.15) is 31.2 Å². The van der Waals surface area contributed by atoms with Crippen molar-refractivity contribution in [2.45, 2.75) is 32.4 Å². The predicted molar refractivity (Wildman–Crippen MR) is 88.3 cm³/mol. The number of hydrogen-bond acceptors (Lipinski definition) is 4. The lowest BCUT2D eigenvalue weighted by molar-refractivity contribution is 0.0209. The lowest BCUT2D eigenvalue weighted by Crippen LogP contribution is -2.46. The van der Waals surface area contributed by atoms with Crippen LogP contribution in [0.3, 0.4) is 0 Å². The van der Waals surface area contributed by atoms with Gasteiger partial charge in [-0.25, -0.2) is 14.4 Å². The third kappa shape index (κ3) is 3.31. The Bertz CT molecular complexity index is 697. The van der Waals surface area contributed by atoms with Crippen molar-refractivity contribution in [1.29, 1.82) is 0 Å². The highest BCUT2D eigenvalue weighted by Gasteiger charge is 2.30. The van der Waals surface area contributed by atoms with E-state index in [-0.39, 0.29) is 18.0 Å². The molecule has 6 heteroatoms. The Morgan fingerprint density at radius 3 is 2.96 bits per heavy atom. The molecule has 122 valence electrons. The number of anilines is 1. The summed E-state index contributed by atoms with van der Waals surface area (Å²) in [4.78, 5) is 10.1. The topological polar surface area (TPSA) is 38.2 Å². The predicted octanol–water partition coefficient (Wildman–Crippen LogP) is 3.80. The zero-order valence-corrected chi connectivity index (χ0v) is 13.9. The zero-order valence-electron chi connectivity index (χ0n) is 13.2. The number of halogens is 2. The fraction of sp³-hybridized carbons (Fsp3) is 0.412. The summed E-state index contributed by atoms with van der Waals surface area (Å²) in [6.45, 7) is 4.91. The largest absolute Gasteiger partial charge is 0.370 e. The van der Waals surface area contributed by atoms with Gasteiger partial charge in [-0.3, -0.25) is 0 Å². The van der Waals surface area contributed by atoms with Crippen LogP contribution in [0.4, 0.5) is 10.2 Å². The van der Waals surface area contributed by atoms with E-state index in [1.165, 1.54) is 6.33 Å². The van der Waals surface area contributed by atoms with Crippen molar-refractivity contribution in [3.63, 3.8) is 0 Å². The molecule has 1 aromatic carbocycles. The number of hydrogen-bond donors (Lipinski definition) is 0. The lowest BCUT2D eigenvalue weighted by atomic mass is 10.1. The maximum absolute atomic E-state index is 14.6. The molecule has 0 amide bonds. The molecule has 0 saturated carbocycles. The molecule has 0 aliphatic carbocycles. The number of ether oxygens (including phenoxy) is 1. The molecule has 0 bridgehead atoms. The molecule has 2 aromatic rings. The van der Waals surface area contributed by atoms with Crippen molar-refractivity contribution in [2.75, 3.05) is 18.1 Å². The molecule has 0 radical (unpaired) electrons. The van der Waals surface area contributed by atoms with E-state index in [4.69, 9.17) is 16.3 Å². The third-order valence-corrected chi connectivity index (χ3v) is 4.34. The molecule has 1 aliphatic heterocycles. The van der Waals surface area contributed by atoms with Gasteiger partial charge in [-0.05, 0) is 31.0 Å². The van der Waals surface area contributed by atoms with E-state index < -0.39 is 0 Å². The van der Waals surface area contributed by atoms with Gasteiger partial charge in [-0.1, -0.05) is 30.7 Å². The Kier molecular flexibility index (Phi) is 4.78. The number of benzene rings is 1. The van der Waals surface area contributed by atoms with Crippen LogP contribution in [-0.2, 0) is 11.2 Å². The van der Waals surface area contributed by atoms with Gasteiger partial charge < -0.3 is 9.64 Å². The van der Waals surface area contributed by atoms with E-state index in [0.717, 1.165) is 5.56 Å². The summed E-state index contributed by atoms with van der Waals surface area (Å²) < 4.78 is 20.5. The van der Waals surface area contributed by atoms with Crippen LogP contribution in [0.25, 0.3) is 0 Å². The minimum absolute atomic E-state index is 0.0412. The van der Waals surface area contributed by atoms with E-state index >= 15 is 0 Å². The van der Waals surface area contributed by atoms with Crippen LogP contribution in [0, 0.1) is 5.82 Å². The van der Waals surface area contributed by atoms with Gasteiger partial charge in [0.1, 0.15) is 12.4 Å². The first-order valence-electron chi connectivity index (χ1n) is 7.73. The third-order valence-electron chi connectivity index (χ3n) is 4.10. The monoisotopic (exact) mass is 335 g/mol. The summed E-state index contributed by atoms with van der Waals surface area (Å²) in [5.74, 6) is 0.00766. The van der Waals surface area contributed by atoms with Crippen molar-refractivity contribution in [2.24, 2.45) is 0 Å². The van der Waals surface area contributed by atoms with Gasteiger partial charge >= 0.3 is 0 Å². The molecule has 2 heterocycles. The van der Waals surface area contributed by atoms with Crippen LogP contribution in [0.5, 0.6) is 0 Å². The summed E-state index contributed by atoms with van der Waals surface area (Å²) in [6.07, 6.45) is 1.80. The van der Waals surface area contributed by atoms with Crippen molar-refractivity contribution in [1.82, 2.24) is 9.97 Å². The van der Waals surface area contributed by atoms with Crippen LogP contribution in [0.2, 0.25) is 5.02 Å². The molecule has 0 spiro atoms. The Balaban J connectivity index is 1.90. The average Bonchev–Trinajstić information content (AvgIpc) is 2.56.